The van der Waals surface area contributed by atoms with Crippen LogP contribution in [0.15, 0.2) is 121 Å². The smallest absolute Gasteiger partial charge is 0.0246 e. The average Bonchev–Trinajstić information content (AvgIpc) is 3.09. The number of hydrogen-bond donors (Lipinski definition) is 0. The first kappa shape index (κ1) is 29.9. The molecule has 0 aliphatic rings. The van der Waals surface area contributed by atoms with Crippen LogP contribution in [0.4, 0.5) is 0 Å². The van der Waals surface area contributed by atoms with E-state index in [0.717, 1.165) is 26.1 Å². The highest BCUT2D eigenvalue weighted by Crippen LogP contribution is 2.46. The first-order valence-corrected chi connectivity index (χ1v) is 16.7. The quantitative estimate of drug-likeness (QED) is 0.140. The van der Waals surface area contributed by atoms with Crippen molar-refractivity contribution < 1.29 is 0 Å². The first-order valence-electron chi connectivity index (χ1n) is 16.7. The minimum Gasteiger partial charge on any atom is -0.299 e. The summed E-state index contributed by atoms with van der Waals surface area (Å²) < 4.78 is 0. The molecule has 6 rings (SSSR count). The van der Waals surface area contributed by atoms with Crippen LogP contribution in [0, 0.1) is 0 Å². The first-order chi connectivity index (χ1) is 21.7. The molecule has 0 aromatic heterocycles. The highest BCUT2D eigenvalue weighted by atomic mass is 15.1. The number of nitrogens with zero attached hydrogens (tertiary/aromatic N) is 1. The van der Waals surface area contributed by atoms with Crippen LogP contribution in [0.2, 0.25) is 0 Å². The van der Waals surface area contributed by atoms with Gasteiger partial charge in [0.1, 0.15) is 0 Å². The van der Waals surface area contributed by atoms with Crippen molar-refractivity contribution in [2.75, 3.05) is 13.1 Å². The van der Waals surface area contributed by atoms with Gasteiger partial charge >= 0.3 is 0 Å². The van der Waals surface area contributed by atoms with Gasteiger partial charge < -0.3 is 0 Å². The molecule has 1 nitrogen and oxygen atoms in total. The average molecular weight is 576 g/mol. The Kier molecular flexibility index (Phi) is 9.54. The molecule has 0 amide bonds. The molecule has 6 aromatic rings. The Balaban J connectivity index is 1.75. The molecule has 0 radical (unpaired) electrons. The zero-order valence-electron chi connectivity index (χ0n) is 26.7. The highest BCUT2D eigenvalue weighted by molar-refractivity contribution is 6.11. The summed E-state index contributed by atoms with van der Waals surface area (Å²) in [4.78, 5) is 2.72. The van der Waals surface area contributed by atoms with Gasteiger partial charge in [0.25, 0.3) is 0 Å². The summed E-state index contributed by atoms with van der Waals surface area (Å²) in [6, 6.07) is 45.0. The summed E-state index contributed by atoms with van der Waals surface area (Å²) in [5.74, 6) is 0. The molecule has 0 saturated carbocycles. The second kappa shape index (κ2) is 14.1. The number of rotatable bonds is 12. The maximum absolute atomic E-state index is 2.72. The third-order valence-corrected chi connectivity index (χ3v) is 9.12. The van der Waals surface area contributed by atoms with Gasteiger partial charge in [0.15, 0.2) is 0 Å². The van der Waals surface area contributed by atoms with Crippen LogP contribution in [0.5, 0.6) is 0 Å². The van der Waals surface area contributed by atoms with E-state index in [1.54, 1.807) is 0 Å². The number of unbranched alkanes of at least 4 members (excludes halogenated alkanes) is 2. The second-order valence-corrected chi connectivity index (χ2v) is 12.1. The van der Waals surface area contributed by atoms with Crippen molar-refractivity contribution in [3.8, 4) is 33.4 Å². The van der Waals surface area contributed by atoms with E-state index in [2.05, 4.69) is 147 Å². The summed E-state index contributed by atoms with van der Waals surface area (Å²) in [5, 5.41) is 5.29. The molecule has 0 saturated heterocycles. The summed E-state index contributed by atoms with van der Waals surface area (Å²) >= 11 is 0. The summed E-state index contributed by atoms with van der Waals surface area (Å²) in [5.41, 5.74) is 11.0. The van der Waals surface area contributed by atoms with Crippen molar-refractivity contribution in [1.82, 2.24) is 4.90 Å². The van der Waals surface area contributed by atoms with E-state index >= 15 is 0 Å². The Bertz CT molecular complexity index is 1830. The van der Waals surface area contributed by atoms with Gasteiger partial charge in [-0.2, -0.15) is 0 Å². The monoisotopic (exact) mass is 575 g/mol. The minimum absolute atomic E-state index is 0.942. The molecular weight excluding hydrogens is 530 g/mol. The Labute approximate surface area is 264 Å². The van der Waals surface area contributed by atoms with E-state index in [1.165, 1.54) is 91.7 Å². The maximum atomic E-state index is 2.72. The van der Waals surface area contributed by atoms with Gasteiger partial charge in [0.2, 0.25) is 0 Å². The van der Waals surface area contributed by atoms with E-state index < -0.39 is 0 Å². The van der Waals surface area contributed by atoms with E-state index in [4.69, 9.17) is 0 Å². The SMILES string of the molecule is CCCCN(CCCC)Cc1c(-c2ccccc2)cc2ccccc2c1-c1c(CC)c(-c2ccccc2)cc2ccccc12. The molecule has 0 fully saturated rings. The van der Waals surface area contributed by atoms with Gasteiger partial charge in [0.05, 0.1) is 0 Å². The summed E-state index contributed by atoms with van der Waals surface area (Å²) in [7, 11) is 0. The lowest BCUT2D eigenvalue weighted by Gasteiger charge is -2.28. The van der Waals surface area contributed by atoms with Crippen molar-refractivity contribution >= 4 is 21.5 Å². The second-order valence-electron chi connectivity index (χ2n) is 12.1. The van der Waals surface area contributed by atoms with Crippen molar-refractivity contribution in [3.05, 3.63) is 132 Å². The molecule has 6 aromatic carbocycles. The molecule has 1 heteroatoms. The third-order valence-electron chi connectivity index (χ3n) is 9.12. The van der Waals surface area contributed by atoms with E-state index in [0.29, 0.717) is 0 Å². The van der Waals surface area contributed by atoms with Crippen LogP contribution in [0.3, 0.4) is 0 Å². The highest BCUT2D eigenvalue weighted by Gasteiger charge is 2.24. The summed E-state index contributed by atoms with van der Waals surface area (Å²) in [6.07, 6.45) is 5.83. The topological polar surface area (TPSA) is 3.24 Å². The van der Waals surface area contributed by atoms with Gasteiger partial charge in [-0.3, -0.25) is 4.90 Å². The lowest BCUT2D eigenvalue weighted by atomic mass is 9.80. The van der Waals surface area contributed by atoms with E-state index in [-0.39, 0.29) is 0 Å². The largest absolute Gasteiger partial charge is 0.299 e. The molecule has 0 aliphatic carbocycles. The van der Waals surface area contributed by atoms with Gasteiger partial charge in [0, 0.05) is 6.54 Å². The zero-order chi connectivity index (χ0) is 30.3. The fourth-order valence-electron chi connectivity index (χ4n) is 6.89. The van der Waals surface area contributed by atoms with E-state index in [1.807, 2.05) is 0 Å². The zero-order valence-corrected chi connectivity index (χ0v) is 26.7. The normalized spacial score (nSPS) is 11.5. The van der Waals surface area contributed by atoms with Gasteiger partial charge in [-0.15, -0.1) is 0 Å². The van der Waals surface area contributed by atoms with Gasteiger partial charge in [-0.25, -0.2) is 0 Å². The Morgan fingerprint density at radius 2 is 0.909 bits per heavy atom. The molecule has 0 atom stereocenters. The molecule has 44 heavy (non-hydrogen) atoms. The predicted octanol–water partition coefficient (Wildman–Crippen LogP) is 12.0. The van der Waals surface area contributed by atoms with Crippen LogP contribution >= 0.6 is 0 Å². The van der Waals surface area contributed by atoms with Crippen LogP contribution in [-0.4, -0.2) is 18.0 Å². The van der Waals surface area contributed by atoms with Crippen molar-refractivity contribution in [2.45, 2.75) is 59.4 Å². The Morgan fingerprint density at radius 3 is 1.39 bits per heavy atom. The molecule has 0 bridgehead atoms. The molecule has 0 unspecified atom stereocenters. The predicted molar refractivity (Wildman–Crippen MR) is 192 cm³/mol. The van der Waals surface area contributed by atoms with E-state index in [9.17, 15) is 0 Å². The third kappa shape index (κ3) is 6.07. The molecule has 0 aliphatic heterocycles. The lowest BCUT2D eigenvalue weighted by Crippen LogP contribution is -2.26. The molecular formula is C43H45N. The summed E-state index contributed by atoms with van der Waals surface area (Å²) in [6.45, 7) is 10.1. The van der Waals surface area contributed by atoms with Crippen molar-refractivity contribution in [2.24, 2.45) is 0 Å². The fraction of sp³-hybridized carbons (Fsp3) is 0.256. The van der Waals surface area contributed by atoms with Crippen LogP contribution in [0.25, 0.3) is 54.9 Å². The Morgan fingerprint density at radius 1 is 0.477 bits per heavy atom. The van der Waals surface area contributed by atoms with Crippen molar-refractivity contribution in [3.63, 3.8) is 0 Å². The molecule has 222 valence electrons. The standard InChI is InChI=1S/C43H45N/c1-4-7-27-44(28-8-5-2)31-41-40(33-21-13-10-14-22-33)30-35-24-16-18-26-38(35)43(41)42-36(6-3)39(32-19-11-9-12-20-32)29-34-23-15-17-25-37(34)42/h9-26,29-30H,4-8,27-28,31H2,1-3H3. The number of hydrogen-bond acceptors (Lipinski definition) is 1. The fourth-order valence-corrected chi connectivity index (χ4v) is 6.89. The van der Waals surface area contributed by atoms with Crippen LogP contribution < -0.4 is 0 Å². The molecule has 0 heterocycles. The van der Waals surface area contributed by atoms with Crippen molar-refractivity contribution in [1.29, 1.82) is 0 Å². The number of benzene rings is 6. The molecule has 0 N–H and O–H groups in total. The Hall–Kier alpha value is -4.20. The minimum atomic E-state index is 0.942. The van der Waals surface area contributed by atoms with Crippen LogP contribution in [0.1, 0.15) is 57.6 Å². The number of fused-ring (bicyclic) bond motifs is 2. The van der Waals surface area contributed by atoms with Crippen LogP contribution in [-0.2, 0) is 13.0 Å². The van der Waals surface area contributed by atoms with Gasteiger partial charge in [-0.05, 0) is 111 Å². The molecule has 0 spiro atoms. The maximum Gasteiger partial charge on any atom is 0.0246 e. The van der Waals surface area contributed by atoms with Gasteiger partial charge in [-0.1, -0.05) is 143 Å². The lowest BCUT2D eigenvalue weighted by molar-refractivity contribution is 0.258.